The minimum Gasteiger partial charge on any atom is -0.497 e. The van der Waals surface area contributed by atoms with E-state index in [4.69, 9.17) is 4.74 Å². The van der Waals surface area contributed by atoms with Crippen molar-refractivity contribution in [3.05, 3.63) is 60.7 Å². The first-order chi connectivity index (χ1) is 14.4. The molecule has 2 amide bonds. The van der Waals surface area contributed by atoms with Crippen LogP contribution in [0.5, 0.6) is 5.75 Å². The first-order valence-corrected chi connectivity index (χ1v) is 10.0. The summed E-state index contributed by atoms with van der Waals surface area (Å²) in [5, 5.41) is 7.85. The lowest BCUT2D eigenvalue weighted by Gasteiger charge is -2.22. The number of benzene rings is 2. The summed E-state index contributed by atoms with van der Waals surface area (Å²) >= 11 is 0. The molecule has 158 valence electrons. The summed E-state index contributed by atoms with van der Waals surface area (Å²) in [5.74, 6) is -0.0371. The molecule has 0 aliphatic heterocycles. The Balaban J connectivity index is 1.76. The Hall–Kier alpha value is -3.35. The average molecular weight is 409 g/mol. The number of imidazole rings is 1. The Morgan fingerprint density at radius 3 is 2.43 bits per heavy atom. The second-order valence-corrected chi connectivity index (χ2v) is 7.68. The second-order valence-electron chi connectivity index (χ2n) is 7.68. The van der Waals surface area contributed by atoms with Crippen molar-refractivity contribution in [1.29, 1.82) is 0 Å². The molecule has 2 atom stereocenters. The van der Waals surface area contributed by atoms with Crippen molar-refractivity contribution in [2.24, 2.45) is 0 Å². The van der Waals surface area contributed by atoms with Crippen LogP contribution in [0.15, 0.2) is 55.1 Å². The van der Waals surface area contributed by atoms with Gasteiger partial charge in [-0.15, -0.1) is 0 Å². The molecule has 0 spiro atoms. The fraction of sp³-hybridized carbons (Fsp3) is 0.348. The predicted molar refractivity (Wildman–Crippen MR) is 116 cm³/mol. The Morgan fingerprint density at radius 2 is 1.77 bits per heavy atom. The molecule has 1 heterocycles. The molecular weight excluding hydrogens is 380 g/mol. The molecule has 1 aromatic heterocycles. The zero-order chi connectivity index (χ0) is 21.7. The molecule has 0 aliphatic rings. The van der Waals surface area contributed by atoms with E-state index in [2.05, 4.69) is 15.6 Å². The minimum absolute atomic E-state index is 0.0189. The van der Waals surface area contributed by atoms with Gasteiger partial charge in [-0.3, -0.25) is 9.59 Å². The van der Waals surface area contributed by atoms with Crippen LogP contribution in [-0.4, -0.2) is 40.6 Å². The Labute approximate surface area is 176 Å². The molecule has 0 aliphatic carbocycles. The van der Waals surface area contributed by atoms with Gasteiger partial charge < -0.3 is 19.9 Å². The van der Waals surface area contributed by atoms with Gasteiger partial charge in [0, 0.05) is 18.4 Å². The van der Waals surface area contributed by atoms with Crippen molar-refractivity contribution in [1.82, 2.24) is 20.2 Å². The SMILES string of the molecule is COc1ccc2cc([C@H](C)C(=O)N[C@H](Cn3ccnc3)C(=O)NC(C)C)ccc2c1. The zero-order valence-electron chi connectivity index (χ0n) is 17.8. The molecule has 0 radical (unpaired) electrons. The number of fused-ring (bicyclic) bond motifs is 1. The quantitative estimate of drug-likeness (QED) is 0.600. The molecule has 7 heteroatoms. The largest absolute Gasteiger partial charge is 0.497 e. The monoisotopic (exact) mass is 408 g/mol. The van der Waals surface area contributed by atoms with Crippen molar-refractivity contribution in [2.75, 3.05) is 7.11 Å². The van der Waals surface area contributed by atoms with E-state index in [9.17, 15) is 9.59 Å². The second kappa shape index (κ2) is 9.43. The van der Waals surface area contributed by atoms with Crippen LogP contribution in [-0.2, 0) is 16.1 Å². The third-order valence-electron chi connectivity index (χ3n) is 4.98. The summed E-state index contributed by atoms with van der Waals surface area (Å²) < 4.78 is 7.04. The van der Waals surface area contributed by atoms with Gasteiger partial charge in [0.25, 0.3) is 0 Å². The maximum Gasteiger partial charge on any atom is 0.244 e. The summed E-state index contributed by atoms with van der Waals surface area (Å²) in [6.45, 7) is 5.94. The fourth-order valence-corrected chi connectivity index (χ4v) is 3.27. The zero-order valence-corrected chi connectivity index (χ0v) is 17.8. The third kappa shape index (κ3) is 5.17. The van der Waals surface area contributed by atoms with Crippen LogP contribution in [0.1, 0.15) is 32.3 Å². The van der Waals surface area contributed by atoms with Gasteiger partial charge >= 0.3 is 0 Å². The van der Waals surface area contributed by atoms with E-state index in [1.807, 2.05) is 57.2 Å². The highest BCUT2D eigenvalue weighted by Gasteiger charge is 2.25. The van der Waals surface area contributed by atoms with Gasteiger partial charge in [0.15, 0.2) is 0 Å². The number of nitrogens with zero attached hydrogens (tertiary/aromatic N) is 2. The molecule has 0 bridgehead atoms. The van der Waals surface area contributed by atoms with Crippen molar-refractivity contribution in [3.63, 3.8) is 0 Å². The predicted octanol–water partition coefficient (Wildman–Crippen LogP) is 2.86. The van der Waals surface area contributed by atoms with Crippen LogP contribution in [0.3, 0.4) is 0 Å². The first kappa shape index (κ1) is 21.4. The number of methoxy groups -OCH3 is 1. The smallest absolute Gasteiger partial charge is 0.244 e. The summed E-state index contributed by atoms with van der Waals surface area (Å²) in [6.07, 6.45) is 5.04. The Kier molecular flexibility index (Phi) is 6.72. The molecule has 0 saturated carbocycles. The lowest BCUT2D eigenvalue weighted by Crippen LogP contribution is -2.51. The number of hydrogen-bond acceptors (Lipinski definition) is 4. The number of amides is 2. The van der Waals surface area contributed by atoms with E-state index in [0.717, 1.165) is 22.1 Å². The maximum atomic E-state index is 13.0. The Morgan fingerprint density at radius 1 is 1.03 bits per heavy atom. The number of aromatic nitrogens is 2. The highest BCUT2D eigenvalue weighted by molar-refractivity contribution is 5.92. The highest BCUT2D eigenvalue weighted by atomic mass is 16.5. The van der Waals surface area contributed by atoms with Crippen LogP contribution in [0.2, 0.25) is 0 Å². The van der Waals surface area contributed by atoms with Gasteiger partial charge in [-0.2, -0.15) is 0 Å². The van der Waals surface area contributed by atoms with Crippen molar-refractivity contribution in [3.8, 4) is 5.75 Å². The molecule has 0 unspecified atom stereocenters. The van der Waals surface area contributed by atoms with Gasteiger partial charge in [-0.25, -0.2) is 4.98 Å². The van der Waals surface area contributed by atoms with Gasteiger partial charge in [-0.1, -0.05) is 24.3 Å². The number of nitrogens with one attached hydrogen (secondary N) is 2. The number of hydrogen-bond donors (Lipinski definition) is 2. The molecule has 0 fully saturated rings. The van der Waals surface area contributed by atoms with E-state index in [-0.39, 0.29) is 17.9 Å². The van der Waals surface area contributed by atoms with Crippen LogP contribution >= 0.6 is 0 Å². The van der Waals surface area contributed by atoms with E-state index in [1.165, 1.54) is 0 Å². The standard InChI is InChI=1S/C23H28N4O3/c1-15(2)25-23(29)21(13-27-10-9-24-14-27)26-22(28)16(3)17-5-6-19-12-20(30-4)8-7-18(19)11-17/h5-12,14-16,21H,13H2,1-4H3,(H,25,29)(H,26,28)/t16-,21+/m0/s1. The number of rotatable bonds is 8. The lowest BCUT2D eigenvalue weighted by molar-refractivity contribution is -0.130. The number of ether oxygens (including phenoxy) is 1. The summed E-state index contributed by atoms with van der Waals surface area (Å²) in [5.41, 5.74) is 0.885. The normalized spacial score (nSPS) is 13.1. The average Bonchev–Trinajstić information content (AvgIpc) is 3.24. The van der Waals surface area contributed by atoms with Gasteiger partial charge in [0.2, 0.25) is 11.8 Å². The molecular formula is C23H28N4O3. The van der Waals surface area contributed by atoms with Gasteiger partial charge in [0.05, 0.1) is 25.9 Å². The van der Waals surface area contributed by atoms with Crippen LogP contribution in [0, 0.1) is 0 Å². The van der Waals surface area contributed by atoms with Crippen LogP contribution in [0.4, 0.5) is 0 Å². The molecule has 3 aromatic rings. The van der Waals surface area contributed by atoms with Gasteiger partial charge in [-0.05, 0) is 49.2 Å². The number of carbonyl (C=O) groups is 2. The van der Waals surface area contributed by atoms with Crippen molar-refractivity contribution < 1.29 is 14.3 Å². The van der Waals surface area contributed by atoms with Crippen molar-refractivity contribution in [2.45, 2.75) is 45.3 Å². The summed E-state index contributed by atoms with van der Waals surface area (Å²) in [7, 11) is 1.64. The van der Waals surface area contributed by atoms with E-state index in [1.54, 1.807) is 30.4 Å². The van der Waals surface area contributed by atoms with E-state index >= 15 is 0 Å². The Bertz CT molecular complexity index is 1010. The molecule has 0 saturated heterocycles. The van der Waals surface area contributed by atoms with E-state index in [0.29, 0.717) is 6.54 Å². The molecule has 2 aromatic carbocycles. The van der Waals surface area contributed by atoms with Crippen LogP contribution in [0.25, 0.3) is 10.8 Å². The minimum atomic E-state index is -0.693. The summed E-state index contributed by atoms with van der Waals surface area (Å²) in [4.78, 5) is 29.6. The van der Waals surface area contributed by atoms with Gasteiger partial charge in [0.1, 0.15) is 11.8 Å². The molecule has 2 N–H and O–H groups in total. The van der Waals surface area contributed by atoms with Crippen LogP contribution < -0.4 is 15.4 Å². The number of carbonyl (C=O) groups excluding carboxylic acids is 2. The molecule has 7 nitrogen and oxygen atoms in total. The maximum absolute atomic E-state index is 13.0. The van der Waals surface area contributed by atoms with E-state index < -0.39 is 12.0 Å². The fourth-order valence-electron chi connectivity index (χ4n) is 3.27. The summed E-state index contributed by atoms with van der Waals surface area (Å²) in [6, 6.07) is 11.0. The highest BCUT2D eigenvalue weighted by Crippen LogP contribution is 2.25. The van der Waals surface area contributed by atoms with Crippen molar-refractivity contribution >= 4 is 22.6 Å². The third-order valence-corrected chi connectivity index (χ3v) is 4.98. The topological polar surface area (TPSA) is 85.2 Å². The molecule has 3 rings (SSSR count). The molecule has 30 heavy (non-hydrogen) atoms. The lowest BCUT2D eigenvalue weighted by atomic mass is 9.96. The first-order valence-electron chi connectivity index (χ1n) is 10.0.